The Kier molecular flexibility index (Phi) is 2.44. The van der Waals surface area contributed by atoms with Gasteiger partial charge in [-0.05, 0) is 26.7 Å². The first-order valence-corrected chi connectivity index (χ1v) is 5.40. The average molecular weight is 194 g/mol. The molecule has 1 aromatic heterocycles. The molecule has 0 amide bonds. The van der Waals surface area contributed by atoms with Gasteiger partial charge in [-0.2, -0.15) is 0 Å². The highest BCUT2D eigenvalue weighted by Gasteiger charge is 2.29. The van der Waals surface area contributed by atoms with Gasteiger partial charge in [0.1, 0.15) is 5.82 Å². The van der Waals surface area contributed by atoms with Gasteiger partial charge in [-0.25, -0.2) is 4.68 Å². The quantitative estimate of drug-likeness (QED) is 0.800. The Morgan fingerprint density at radius 1 is 1.50 bits per heavy atom. The standard InChI is InChI=1S/C10H18N4/c1-3-14-9(8-11-13-14)12-10(2)6-4-5-7-10/h8,12H,3-7H2,1-2H3. The molecular formula is C10H18N4. The Bertz CT molecular complexity index is 299. The zero-order valence-corrected chi connectivity index (χ0v) is 8.95. The van der Waals surface area contributed by atoms with Gasteiger partial charge in [-0.1, -0.05) is 18.1 Å². The van der Waals surface area contributed by atoms with Gasteiger partial charge in [0.2, 0.25) is 0 Å². The maximum Gasteiger partial charge on any atom is 0.145 e. The van der Waals surface area contributed by atoms with Crippen LogP contribution in [0.1, 0.15) is 39.5 Å². The van der Waals surface area contributed by atoms with E-state index in [9.17, 15) is 0 Å². The summed E-state index contributed by atoms with van der Waals surface area (Å²) in [5.41, 5.74) is 0.259. The van der Waals surface area contributed by atoms with E-state index in [1.807, 2.05) is 10.9 Å². The van der Waals surface area contributed by atoms with Crippen molar-refractivity contribution in [1.82, 2.24) is 15.0 Å². The van der Waals surface area contributed by atoms with Crippen LogP contribution in [0.15, 0.2) is 6.20 Å². The fourth-order valence-corrected chi connectivity index (χ4v) is 2.18. The summed E-state index contributed by atoms with van der Waals surface area (Å²) in [5, 5.41) is 11.5. The molecule has 1 saturated carbocycles. The highest BCUT2D eigenvalue weighted by atomic mass is 15.5. The van der Waals surface area contributed by atoms with Crippen LogP contribution in [0.3, 0.4) is 0 Å². The third-order valence-electron chi connectivity index (χ3n) is 3.05. The normalized spacial score (nSPS) is 19.9. The van der Waals surface area contributed by atoms with Crippen LogP contribution in [0, 0.1) is 0 Å². The predicted octanol–water partition coefficient (Wildman–Crippen LogP) is 2.04. The number of rotatable bonds is 3. The van der Waals surface area contributed by atoms with E-state index in [0.717, 1.165) is 12.4 Å². The largest absolute Gasteiger partial charge is 0.364 e. The summed E-state index contributed by atoms with van der Waals surface area (Å²) in [4.78, 5) is 0. The van der Waals surface area contributed by atoms with Crippen LogP contribution < -0.4 is 5.32 Å². The van der Waals surface area contributed by atoms with Crippen molar-refractivity contribution in [3.63, 3.8) is 0 Å². The molecule has 4 nitrogen and oxygen atoms in total. The summed E-state index contributed by atoms with van der Waals surface area (Å²) in [6.45, 7) is 5.24. The fourth-order valence-electron chi connectivity index (χ4n) is 2.18. The van der Waals surface area contributed by atoms with Crippen LogP contribution in [-0.2, 0) is 6.54 Å². The molecule has 2 rings (SSSR count). The van der Waals surface area contributed by atoms with Gasteiger partial charge in [0, 0.05) is 12.1 Å². The summed E-state index contributed by atoms with van der Waals surface area (Å²) in [5.74, 6) is 1.05. The Morgan fingerprint density at radius 3 is 2.86 bits per heavy atom. The highest BCUT2D eigenvalue weighted by Crippen LogP contribution is 2.32. The average Bonchev–Trinajstić information content (AvgIpc) is 2.75. The molecule has 0 aromatic carbocycles. The molecule has 0 radical (unpaired) electrons. The Morgan fingerprint density at radius 2 is 2.21 bits per heavy atom. The van der Waals surface area contributed by atoms with Gasteiger partial charge >= 0.3 is 0 Å². The topological polar surface area (TPSA) is 42.7 Å². The first-order chi connectivity index (χ1) is 6.73. The van der Waals surface area contributed by atoms with Crippen molar-refractivity contribution in [2.75, 3.05) is 5.32 Å². The molecule has 78 valence electrons. The van der Waals surface area contributed by atoms with E-state index >= 15 is 0 Å². The first kappa shape index (κ1) is 9.49. The lowest BCUT2D eigenvalue weighted by Crippen LogP contribution is -2.32. The van der Waals surface area contributed by atoms with Crippen LogP contribution >= 0.6 is 0 Å². The van der Waals surface area contributed by atoms with Crippen molar-refractivity contribution in [3.8, 4) is 0 Å². The maximum absolute atomic E-state index is 4.01. The zero-order chi connectivity index (χ0) is 10.0. The van der Waals surface area contributed by atoms with E-state index in [-0.39, 0.29) is 5.54 Å². The molecule has 0 unspecified atom stereocenters. The van der Waals surface area contributed by atoms with Crippen LogP contribution in [0.5, 0.6) is 0 Å². The van der Waals surface area contributed by atoms with Crippen LogP contribution in [0.4, 0.5) is 5.82 Å². The number of anilines is 1. The molecule has 0 bridgehead atoms. The van der Waals surface area contributed by atoms with Crippen LogP contribution in [0.25, 0.3) is 0 Å². The maximum atomic E-state index is 4.01. The third kappa shape index (κ3) is 1.74. The number of hydrogen-bond acceptors (Lipinski definition) is 3. The summed E-state index contributed by atoms with van der Waals surface area (Å²) < 4.78 is 1.91. The van der Waals surface area contributed by atoms with E-state index in [4.69, 9.17) is 0 Å². The van der Waals surface area contributed by atoms with Crippen molar-refractivity contribution in [2.24, 2.45) is 0 Å². The van der Waals surface area contributed by atoms with Crippen molar-refractivity contribution in [1.29, 1.82) is 0 Å². The minimum atomic E-state index is 0.259. The molecule has 0 spiro atoms. The molecular weight excluding hydrogens is 176 g/mol. The summed E-state index contributed by atoms with van der Waals surface area (Å²) in [6.07, 6.45) is 6.98. The van der Waals surface area contributed by atoms with Gasteiger partial charge in [0.25, 0.3) is 0 Å². The molecule has 1 heterocycles. The number of aryl methyl sites for hydroxylation is 1. The second-order valence-corrected chi connectivity index (χ2v) is 4.33. The van der Waals surface area contributed by atoms with Crippen molar-refractivity contribution in [3.05, 3.63) is 6.20 Å². The minimum Gasteiger partial charge on any atom is -0.364 e. The van der Waals surface area contributed by atoms with E-state index in [1.54, 1.807) is 0 Å². The lowest BCUT2D eigenvalue weighted by molar-refractivity contribution is 0.519. The smallest absolute Gasteiger partial charge is 0.145 e. The van der Waals surface area contributed by atoms with Crippen molar-refractivity contribution in [2.45, 2.75) is 51.6 Å². The number of nitrogens with one attached hydrogen (secondary N) is 1. The molecule has 1 aliphatic carbocycles. The van der Waals surface area contributed by atoms with Gasteiger partial charge in [0.15, 0.2) is 0 Å². The lowest BCUT2D eigenvalue weighted by Gasteiger charge is -2.26. The molecule has 1 fully saturated rings. The van der Waals surface area contributed by atoms with Crippen molar-refractivity contribution >= 4 is 5.82 Å². The van der Waals surface area contributed by atoms with E-state index in [2.05, 4.69) is 29.5 Å². The Hall–Kier alpha value is -1.06. The highest BCUT2D eigenvalue weighted by molar-refractivity contribution is 5.35. The molecule has 0 saturated heterocycles. The number of aromatic nitrogens is 3. The van der Waals surface area contributed by atoms with Crippen LogP contribution in [-0.4, -0.2) is 20.5 Å². The predicted molar refractivity (Wildman–Crippen MR) is 56.2 cm³/mol. The van der Waals surface area contributed by atoms with Crippen LogP contribution in [0.2, 0.25) is 0 Å². The fraction of sp³-hybridized carbons (Fsp3) is 0.800. The summed E-state index contributed by atoms with van der Waals surface area (Å²) >= 11 is 0. The number of hydrogen-bond donors (Lipinski definition) is 1. The van der Waals surface area contributed by atoms with E-state index in [0.29, 0.717) is 0 Å². The summed E-state index contributed by atoms with van der Waals surface area (Å²) in [7, 11) is 0. The second kappa shape index (κ2) is 3.59. The molecule has 1 N–H and O–H groups in total. The van der Waals surface area contributed by atoms with Gasteiger partial charge in [0.05, 0.1) is 6.20 Å². The van der Waals surface area contributed by atoms with E-state index in [1.165, 1.54) is 25.7 Å². The molecule has 0 atom stereocenters. The monoisotopic (exact) mass is 194 g/mol. The Balaban J connectivity index is 2.09. The first-order valence-electron chi connectivity index (χ1n) is 5.40. The van der Waals surface area contributed by atoms with Gasteiger partial charge in [-0.3, -0.25) is 0 Å². The molecule has 1 aliphatic rings. The molecule has 14 heavy (non-hydrogen) atoms. The lowest BCUT2D eigenvalue weighted by atomic mass is 10.0. The van der Waals surface area contributed by atoms with Gasteiger partial charge < -0.3 is 5.32 Å². The molecule has 4 heteroatoms. The van der Waals surface area contributed by atoms with E-state index < -0.39 is 0 Å². The van der Waals surface area contributed by atoms with Crippen molar-refractivity contribution < 1.29 is 0 Å². The second-order valence-electron chi connectivity index (χ2n) is 4.33. The molecule has 0 aliphatic heterocycles. The molecule has 1 aromatic rings. The third-order valence-corrected chi connectivity index (χ3v) is 3.05. The minimum absolute atomic E-state index is 0.259. The van der Waals surface area contributed by atoms with Gasteiger partial charge in [-0.15, -0.1) is 5.10 Å². The zero-order valence-electron chi connectivity index (χ0n) is 8.95. The SMILES string of the molecule is CCn1nncc1NC1(C)CCCC1. The Labute approximate surface area is 84.7 Å². The summed E-state index contributed by atoms with van der Waals surface area (Å²) in [6, 6.07) is 0. The number of nitrogens with zero attached hydrogens (tertiary/aromatic N) is 3.